The Balaban J connectivity index is 2.04. The lowest BCUT2D eigenvalue weighted by atomic mass is 9.91. The van der Waals surface area contributed by atoms with E-state index in [1.165, 1.54) is 30.5 Å². The minimum absolute atomic E-state index is 0.311. The van der Waals surface area contributed by atoms with Crippen molar-refractivity contribution in [2.75, 3.05) is 18.0 Å². The van der Waals surface area contributed by atoms with E-state index in [1.54, 1.807) is 0 Å². The second kappa shape index (κ2) is 6.24. The first-order valence-corrected chi connectivity index (χ1v) is 7.31. The van der Waals surface area contributed by atoms with E-state index in [0.29, 0.717) is 12.0 Å². The van der Waals surface area contributed by atoms with Crippen LogP contribution in [0.25, 0.3) is 0 Å². The number of benzene rings is 1. The summed E-state index contributed by atoms with van der Waals surface area (Å²) in [6, 6.07) is 9.12. The lowest BCUT2D eigenvalue weighted by Gasteiger charge is -2.36. The number of hydrogen-bond acceptors (Lipinski definition) is 2. The second-order valence-electron chi connectivity index (χ2n) is 5.60. The summed E-state index contributed by atoms with van der Waals surface area (Å²) in [7, 11) is 0. The average Bonchev–Trinajstić information content (AvgIpc) is 2.40. The third kappa shape index (κ3) is 3.05. The van der Waals surface area contributed by atoms with Gasteiger partial charge in [0.05, 0.1) is 0 Å². The summed E-state index contributed by atoms with van der Waals surface area (Å²) in [5.74, 6) is 0.685. The predicted molar refractivity (Wildman–Crippen MR) is 79.2 cm³/mol. The van der Waals surface area contributed by atoms with E-state index >= 15 is 0 Å². The molecular formula is C16H26N2. The van der Waals surface area contributed by atoms with E-state index < -0.39 is 0 Å². The molecule has 100 valence electrons. The highest BCUT2D eigenvalue weighted by Crippen LogP contribution is 2.34. The number of fused-ring (bicyclic) bond motifs is 1. The third-order valence-corrected chi connectivity index (χ3v) is 4.02. The molecule has 0 aromatic heterocycles. The first-order chi connectivity index (χ1) is 8.72. The first-order valence-electron chi connectivity index (χ1n) is 7.31. The molecule has 1 aromatic rings. The first kappa shape index (κ1) is 13.4. The summed E-state index contributed by atoms with van der Waals surface area (Å²) in [6.45, 7) is 6.71. The van der Waals surface area contributed by atoms with Crippen LogP contribution in [0.15, 0.2) is 24.3 Å². The van der Waals surface area contributed by atoms with E-state index in [9.17, 15) is 0 Å². The number of rotatable bonds is 5. The lowest BCUT2D eigenvalue weighted by molar-refractivity contribution is 0.532. The summed E-state index contributed by atoms with van der Waals surface area (Å²) in [5.41, 5.74) is 9.14. The highest BCUT2D eigenvalue weighted by atomic mass is 15.1. The van der Waals surface area contributed by atoms with Gasteiger partial charge in [0.2, 0.25) is 0 Å². The molecular weight excluding hydrogens is 220 g/mol. The van der Waals surface area contributed by atoms with Gasteiger partial charge in [0.1, 0.15) is 0 Å². The normalized spacial score (nSPS) is 20.6. The van der Waals surface area contributed by atoms with Gasteiger partial charge in [-0.05, 0) is 30.4 Å². The minimum atomic E-state index is 0.311. The van der Waals surface area contributed by atoms with E-state index in [2.05, 4.69) is 43.0 Å². The van der Waals surface area contributed by atoms with Gasteiger partial charge in [-0.1, -0.05) is 44.9 Å². The van der Waals surface area contributed by atoms with Crippen molar-refractivity contribution >= 4 is 5.69 Å². The van der Waals surface area contributed by atoms with Gasteiger partial charge in [0, 0.05) is 24.8 Å². The Morgan fingerprint density at radius 3 is 2.94 bits per heavy atom. The molecule has 0 saturated heterocycles. The molecule has 1 aliphatic heterocycles. The van der Waals surface area contributed by atoms with Crippen LogP contribution in [0.3, 0.4) is 0 Å². The highest BCUT2D eigenvalue weighted by Gasteiger charge is 2.22. The van der Waals surface area contributed by atoms with Gasteiger partial charge in [-0.3, -0.25) is 0 Å². The number of hydrogen-bond donors (Lipinski definition) is 1. The van der Waals surface area contributed by atoms with Crippen LogP contribution in [-0.4, -0.2) is 19.1 Å². The fraction of sp³-hybridized carbons (Fsp3) is 0.625. The van der Waals surface area contributed by atoms with Gasteiger partial charge in [-0.15, -0.1) is 0 Å². The van der Waals surface area contributed by atoms with Gasteiger partial charge in [0.25, 0.3) is 0 Å². The molecule has 0 fully saturated rings. The number of nitrogens with zero attached hydrogens (tertiary/aromatic N) is 1. The molecule has 2 nitrogen and oxygen atoms in total. The maximum absolute atomic E-state index is 6.24. The lowest BCUT2D eigenvalue weighted by Crippen LogP contribution is -2.40. The van der Waals surface area contributed by atoms with Gasteiger partial charge in [-0.25, -0.2) is 0 Å². The fourth-order valence-corrected chi connectivity index (χ4v) is 2.85. The Morgan fingerprint density at radius 2 is 2.17 bits per heavy atom. The summed E-state index contributed by atoms with van der Waals surface area (Å²) < 4.78 is 0. The molecule has 1 heterocycles. The van der Waals surface area contributed by atoms with Crippen molar-refractivity contribution in [1.29, 1.82) is 0 Å². The monoisotopic (exact) mass is 246 g/mol. The number of unbranched alkanes of at least 4 members (excludes halogenated alkanes) is 1. The van der Waals surface area contributed by atoms with Crippen molar-refractivity contribution in [3.8, 4) is 0 Å². The molecule has 0 aliphatic carbocycles. The van der Waals surface area contributed by atoms with Crippen LogP contribution in [0.5, 0.6) is 0 Å². The third-order valence-electron chi connectivity index (χ3n) is 4.02. The van der Waals surface area contributed by atoms with Gasteiger partial charge >= 0.3 is 0 Å². The zero-order chi connectivity index (χ0) is 13.0. The number of nitrogens with two attached hydrogens (primary N) is 1. The van der Waals surface area contributed by atoms with Gasteiger partial charge in [-0.2, -0.15) is 0 Å². The van der Waals surface area contributed by atoms with Crippen LogP contribution in [0.1, 0.15) is 51.0 Å². The zero-order valence-electron chi connectivity index (χ0n) is 11.7. The largest absolute Gasteiger partial charge is 0.370 e. The van der Waals surface area contributed by atoms with Crippen LogP contribution in [-0.2, 0) is 0 Å². The van der Waals surface area contributed by atoms with Crippen molar-refractivity contribution in [2.24, 2.45) is 5.73 Å². The second-order valence-corrected chi connectivity index (χ2v) is 5.60. The maximum atomic E-state index is 6.24. The summed E-state index contributed by atoms with van der Waals surface area (Å²) in [4.78, 5) is 2.48. The summed E-state index contributed by atoms with van der Waals surface area (Å²) in [6.07, 6.45) is 4.87. The van der Waals surface area contributed by atoms with Crippen molar-refractivity contribution < 1.29 is 0 Å². The molecule has 18 heavy (non-hydrogen) atoms. The van der Waals surface area contributed by atoms with Crippen LogP contribution >= 0.6 is 0 Å². The quantitative estimate of drug-likeness (QED) is 0.861. The Hall–Kier alpha value is -1.02. The molecule has 2 heteroatoms. The van der Waals surface area contributed by atoms with E-state index in [4.69, 9.17) is 5.73 Å². The SMILES string of the molecule is CCCC[C@H](N)CN1CCC(C)c2ccccc21. The molecule has 0 amide bonds. The smallest absolute Gasteiger partial charge is 0.0402 e. The molecule has 1 aliphatic rings. The molecule has 0 spiro atoms. The molecule has 0 saturated carbocycles. The molecule has 1 aromatic carbocycles. The van der Waals surface area contributed by atoms with E-state index in [0.717, 1.165) is 19.5 Å². The summed E-state index contributed by atoms with van der Waals surface area (Å²) in [5, 5.41) is 0. The average molecular weight is 246 g/mol. The Kier molecular flexibility index (Phi) is 4.65. The van der Waals surface area contributed by atoms with Crippen LogP contribution < -0.4 is 10.6 Å². The van der Waals surface area contributed by atoms with E-state index in [1.807, 2.05) is 0 Å². The molecule has 2 rings (SSSR count). The summed E-state index contributed by atoms with van der Waals surface area (Å²) >= 11 is 0. The van der Waals surface area contributed by atoms with Gasteiger partial charge in [0.15, 0.2) is 0 Å². The van der Waals surface area contributed by atoms with E-state index in [-0.39, 0.29) is 0 Å². The molecule has 0 bridgehead atoms. The highest BCUT2D eigenvalue weighted by molar-refractivity contribution is 5.57. The number of anilines is 1. The van der Waals surface area contributed by atoms with Crippen LogP contribution in [0.4, 0.5) is 5.69 Å². The molecule has 2 N–H and O–H groups in total. The van der Waals surface area contributed by atoms with Gasteiger partial charge < -0.3 is 10.6 Å². The van der Waals surface area contributed by atoms with Crippen molar-refractivity contribution in [1.82, 2.24) is 0 Å². The molecule has 2 atom stereocenters. The van der Waals surface area contributed by atoms with Crippen molar-refractivity contribution in [3.05, 3.63) is 29.8 Å². The Labute approximate surface area is 111 Å². The van der Waals surface area contributed by atoms with Crippen molar-refractivity contribution in [2.45, 2.75) is 51.5 Å². The fourth-order valence-electron chi connectivity index (χ4n) is 2.85. The number of para-hydroxylation sites is 1. The van der Waals surface area contributed by atoms with Crippen molar-refractivity contribution in [3.63, 3.8) is 0 Å². The Morgan fingerprint density at radius 1 is 1.39 bits per heavy atom. The van der Waals surface area contributed by atoms with Crippen LogP contribution in [0, 0.1) is 0 Å². The van der Waals surface area contributed by atoms with Crippen LogP contribution in [0.2, 0.25) is 0 Å². The molecule has 1 unspecified atom stereocenters. The Bertz CT molecular complexity index is 375. The maximum Gasteiger partial charge on any atom is 0.0402 e. The zero-order valence-corrected chi connectivity index (χ0v) is 11.7. The molecule has 0 radical (unpaired) electrons. The topological polar surface area (TPSA) is 29.3 Å². The minimum Gasteiger partial charge on any atom is -0.370 e. The standard InChI is InChI=1S/C16H26N2/c1-3-4-7-14(17)12-18-11-10-13(2)15-8-5-6-9-16(15)18/h5-6,8-9,13-14H,3-4,7,10-12,17H2,1-2H3/t13?,14-/m0/s1. The predicted octanol–water partition coefficient (Wildman–Crippen LogP) is 3.52.